The zero-order chi connectivity index (χ0) is 13.1. The van der Waals surface area contributed by atoms with Crippen LogP contribution in [0.15, 0.2) is 6.20 Å². The number of hydrogen-bond acceptors (Lipinski definition) is 5. The van der Waals surface area contributed by atoms with Crippen molar-refractivity contribution >= 4 is 22.5 Å². The normalized spacial score (nSPS) is 17.2. The Morgan fingerprint density at radius 2 is 2.11 bits per heavy atom. The van der Waals surface area contributed by atoms with Crippen molar-refractivity contribution in [2.75, 3.05) is 31.5 Å². The Hall–Kier alpha value is -1.18. The van der Waals surface area contributed by atoms with E-state index in [1.165, 1.54) is 16.4 Å². The van der Waals surface area contributed by atoms with Crippen LogP contribution in [0.2, 0.25) is 0 Å². The summed E-state index contributed by atoms with van der Waals surface area (Å²) in [5, 5.41) is 13.9. The molecule has 2 N–H and O–H groups in total. The van der Waals surface area contributed by atoms with Crippen LogP contribution in [-0.2, 0) is 0 Å². The molecule has 1 aromatic rings. The van der Waals surface area contributed by atoms with Crippen LogP contribution in [0.4, 0.5) is 9.93 Å². The van der Waals surface area contributed by atoms with Crippen LogP contribution in [0.5, 0.6) is 0 Å². The van der Waals surface area contributed by atoms with Crippen LogP contribution in [0.3, 0.4) is 0 Å². The fraction of sp³-hybridized carbons (Fsp3) is 0.636. The summed E-state index contributed by atoms with van der Waals surface area (Å²) in [6, 6.07) is -0.146. The van der Waals surface area contributed by atoms with Gasteiger partial charge in [-0.1, -0.05) is 13.8 Å². The van der Waals surface area contributed by atoms with Gasteiger partial charge in [0, 0.05) is 37.3 Å². The number of nitrogens with one attached hydrogen (secondary N) is 1. The van der Waals surface area contributed by atoms with E-state index in [9.17, 15) is 10.0 Å². The average molecular weight is 270 g/mol. The second-order valence-corrected chi connectivity index (χ2v) is 5.66. The van der Waals surface area contributed by atoms with Crippen LogP contribution in [0.1, 0.15) is 24.6 Å². The minimum absolute atomic E-state index is 0.146. The lowest BCUT2D eigenvalue weighted by molar-refractivity contribution is -0.111. The van der Waals surface area contributed by atoms with Gasteiger partial charge in [0.25, 0.3) is 0 Å². The molecule has 0 atom stereocenters. The van der Waals surface area contributed by atoms with Crippen LogP contribution < -0.4 is 5.32 Å². The van der Waals surface area contributed by atoms with E-state index in [-0.39, 0.29) is 6.03 Å². The number of urea groups is 1. The summed E-state index contributed by atoms with van der Waals surface area (Å²) in [6.45, 7) is 6.24. The second kappa shape index (κ2) is 5.64. The van der Waals surface area contributed by atoms with E-state index in [2.05, 4.69) is 24.1 Å². The number of carbonyl (C=O) groups is 1. The lowest BCUT2D eigenvalue weighted by atomic mass is 10.2. The highest BCUT2D eigenvalue weighted by molar-refractivity contribution is 7.15. The van der Waals surface area contributed by atoms with E-state index in [1.54, 1.807) is 11.1 Å². The van der Waals surface area contributed by atoms with Crippen molar-refractivity contribution in [1.82, 2.24) is 14.9 Å². The van der Waals surface area contributed by atoms with Gasteiger partial charge in [-0.25, -0.2) is 9.78 Å². The molecule has 1 aliphatic rings. The van der Waals surface area contributed by atoms with Crippen molar-refractivity contribution < 1.29 is 10.0 Å². The molecule has 0 radical (unpaired) electrons. The van der Waals surface area contributed by atoms with Gasteiger partial charge in [-0.2, -0.15) is 5.06 Å². The first-order chi connectivity index (χ1) is 8.56. The predicted octanol–water partition coefficient (Wildman–Crippen LogP) is 1.81. The molecule has 1 saturated heterocycles. The standard InChI is InChI=1S/C11H18N4O2S/c1-8(2)9-7-12-10(18-9)13-11(16)14-3-5-15(17)6-4-14/h7-8,17H,3-6H2,1-2H3,(H,12,13,16). The summed E-state index contributed by atoms with van der Waals surface area (Å²) in [7, 11) is 0. The van der Waals surface area contributed by atoms with Crippen LogP contribution in [0, 0.1) is 0 Å². The molecule has 1 fully saturated rings. The first-order valence-corrected chi connectivity index (χ1v) is 6.83. The molecule has 0 bridgehead atoms. The maximum absolute atomic E-state index is 11.9. The Labute approximate surface area is 110 Å². The molecule has 7 heteroatoms. The summed E-state index contributed by atoms with van der Waals surface area (Å²) in [6.07, 6.45) is 1.80. The van der Waals surface area contributed by atoms with Crippen molar-refractivity contribution in [2.45, 2.75) is 19.8 Å². The van der Waals surface area contributed by atoms with Gasteiger partial charge < -0.3 is 10.1 Å². The lowest BCUT2D eigenvalue weighted by Gasteiger charge is -2.30. The summed E-state index contributed by atoms with van der Waals surface area (Å²) in [4.78, 5) is 19.0. The van der Waals surface area contributed by atoms with Gasteiger partial charge in [0.05, 0.1) is 0 Å². The number of anilines is 1. The van der Waals surface area contributed by atoms with Gasteiger partial charge in [-0.15, -0.1) is 11.3 Å². The largest absolute Gasteiger partial charge is 0.323 e. The molecular formula is C11H18N4O2S. The van der Waals surface area contributed by atoms with Crippen molar-refractivity contribution in [3.8, 4) is 0 Å². The van der Waals surface area contributed by atoms with Crippen molar-refractivity contribution in [3.63, 3.8) is 0 Å². The summed E-state index contributed by atoms with van der Waals surface area (Å²) in [5.41, 5.74) is 0. The molecule has 18 heavy (non-hydrogen) atoms. The number of carbonyl (C=O) groups excluding carboxylic acids is 1. The molecule has 1 aromatic heterocycles. The Morgan fingerprint density at radius 1 is 1.44 bits per heavy atom. The Bertz CT molecular complexity index is 413. The fourth-order valence-corrected chi connectivity index (χ4v) is 2.49. The molecule has 2 heterocycles. The molecule has 0 aromatic carbocycles. The highest BCUT2D eigenvalue weighted by atomic mass is 32.1. The molecule has 0 unspecified atom stereocenters. The van der Waals surface area contributed by atoms with Gasteiger partial charge in [0.1, 0.15) is 0 Å². The monoisotopic (exact) mass is 270 g/mol. The molecule has 1 aliphatic heterocycles. The minimum atomic E-state index is -0.146. The van der Waals surface area contributed by atoms with E-state index >= 15 is 0 Å². The third kappa shape index (κ3) is 3.18. The summed E-state index contributed by atoms with van der Waals surface area (Å²) in [5.74, 6) is 0.422. The van der Waals surface area contributed by atoms with Crippen molar-refractivity contribution in [2.24, 2.45) is 0 Å². The van der Waals surface area contributed by atoms with Gasteiger partial charge in [0.2, 0.25) is 0 Å². The van der Waals surface area contributed by atoms with Gasteiger partial charge in [-0.3, -0.25) is 5.32 Å². The van der Waals surface area contributed by atoms with Crippen molar-refractivity contribution in [3.05, 3.63) is 11.1 Å². The van der Waals surface area contributed by atoms with Gasteiger partial charge in [-0.05, 0) is 5.92 Å². The number of hydrogen-bond donors (Lipinski definition) is 2. The Morgan fingerprint density at radius 3 is 2.67 bits per heavy atom. The van der Waals surface area contributed by atoms with E-state index in [0.717, 1.165) is 4.88 Å². The Balaban J connectivity index is 1.90. The number of nitrogens with zero attached hydrogens (tertiary/aromatic N) is 3. The van der Waals surface area contributed by atoms with Crippen LogP contribution in [0.25, 0.3) is 0 Å². The van der Waals surface area contributed by atoms with Gasteiger partial charge >= 0.3 is 6.03 Å². The van der Waals surface area contributed by atoms with E-state index < -0.39 is 0 Å². The number of amides is 2. The number of piperazine rings is 1. The van der Waals surface area contributed by atoms with Crippen molar-refractivity contribution in [1.29, 1.82) is 0 Å². The first kappa shape index (κ1) is 13.3. The molecular weight excluding hydrogens is 252 g/mol. The van der Waals surface area contributed by atoms with E-state index in [0.29, 0.717) is 37.2 Å². The predicted molar refractivity (Wildman–Crippen MR) is 70.2 cm³/mol. The number of hydroxylamine groups is 2. The lowest BCUT2D eigenvalue weighted by Crippen LogP contribution is -2.48. The van der Waals surface area contributed by atoms with E-state index in [4.69, 9.17) is 0 Å². The number of rotatable bonds is 2. The fourth-order valence-electron chi connectivity index (χ4n) is 1.68. The summed E-state index contributed by atoms with van der Waals surface area (Å²) < 4.78 is 0. The molecule has 6 nitrogen and oxygen atoms in total. The molecule has 0 saturated carbocycles. The highest BCUT2D eigenvalue weighted by Crippen LogP contribution is 2.25. The topological polar surface area (TPSA) is 68.7 Å². The maximum Gasteiger partial charge on any atom is 0.323 e. The zero-order valence-corrected chi connectivity index (χ0v) is 11.4. The van der Waals surface area contributed by atoms with Crippen LogP contribution in [-0.4, -0.2) is 52.4 Å². The van der Waals surface area contributed by atoms with E-state index in [1.807, 2.05) is 0 Å². The van der Waals surface area contributed by atoms with Crippen LogP contribution >= 0.6 is 11.3 Å². The number of aromatic nitrogens is 1. The Kier molecular flexibility index (Phi) is 4.15. The number of thiazole rings is 1. The quantitative estimate of drug-likeness (QED) is 0.860. The SMILES string of the molecule is CC(C)c1cnc(NC(=O)N2CCN(O)CC2)s1. The molecule has 2 amide bonds. The molecule has 100 valence electrons. The third-order valence-corrected chi connectivity index (χ3v) is 4.06. The molecule has 0 spiro atoms. The molecule has 0 aliphatic carbocycles. The average Bonchev–Trinajstić information content (AvgIpc) is 2.78. The second-order valence-electron chi connectivity index (χ2n) is 4.59. The van der Waals surface area contributed by atoms with Gasteiger partial charge in [0.15, 0.2) is 5.13 Å². The molecule has 2 rings (SSSR count). The minimum Gasteiger partial charge on any atom is -0.322 e. The first-order valence-electron chi connectivity index (χ1n) is 6.01. The zero-order valence-electron chi connectivity index (χ0n) is 10.6. The summed E-state index contributed by atoms with van der Waals surface area (Å²) >= 11 is 1.50. The maximum atomic E-state index is 11.9. The third-order valence-electron chi connectivity index (χ3n) is 2.85. The highest BCUT2D eigenvalue weighted by Gasteiger charge is 2.20. The smallest absolute Gasteiger partial charge is 0.322 e.